The molecule has 10 nitrogen and oxygen atoms in total. The van der Waals surface area contributed by atoms with Gasteiger partial charge in [-0.05, 0) is 40.8 Å². The molecule has 5 atom stereocenters. The highest BCUT2D eigenvalue weighted by atomic mass is 16.7. The molecule has 0 amide bonds. The van der Waals surface area contributed by atoms with E-state index in [-0.39, 0.29) is 43.5 Å². The zero-order valence-corrected chi connectivity index (χ0v) is 31.2. The monoisotopic (exact) mass is 746 g/mol. The number of esters is 2. The van der Waals surface area contributed by atoms with Gasteiger partial charge in [-0.3, -0.25) is 4.79 Å². The van der Waals surface area contributed by atoms with Gasteiger partial charge in [0, 0.05) is 13.0 Å². The number of hydrogen-bond donors (Lipinski definition) is 0. The molecule has 0 aromatic heterocycles. The Kier molecular flexibility index (Phi) is 14.2. The standard InChI is InChI=1S/C45H46O10/c1-31-24-37(25-38(53-32(2)46)40(31)44(47)48-3)54-45-43(52-29-36-22-14-7-15-23-36)42(51-28-35-20-12-6-13-21-35)41(50-27-34-18-10-5-11-19-34)39(55-45)30-49-26-33-16-8-4-9-17-33/h4-25,39,41-43,45H,26-30H2,1-3H3/t39-,41-,42+,43-,45-/m1/s1. The number of hydrogen-bond acceptors (Lipinski definition) is 10. The van der Waals surface area contributed by atoms with Gasteiger partial charge in [0.1, 0.15) is 41.5 Å². The molecule has 0 aliphatic carbocycles. The predicted octanol–water partition coefficient (Wildman–Crippen LogP) is 7.78. The molecule has 6 rings (SSSR count). The van der Waals surface area contributed by atoms with Crippen LogP contribution in [0.1, 0.15) is 45.1 Å². The van der Waals surface area contributed by atoms with Crippen molar-refractivity contribution in [3.63, 3.8) is 0 Å². The van der Waals surface area contributed by atoms with Crippen molar-refractivity contribution in [1.82, 2.24) is 0 Å². The van der Waals surface area contributed by atoms with E-state index < -0.39 is 42.6 Å². The first-order valence-electron chi connectivity index (χ1n) is 18.2. The first-order chi connectivity index (χ1) is 26.9. The maximum atomic E-state index is 12.7. The average molecular weight is 747 g/mol. The second-order valence-corrected chi connectivity index (χ2v) is 13.1. The number of carbonyl (C=O) groups is 2. The van der Waals surface area contributed by atoms with Crippen LogP contribution in [-0.2, 0) is 59.6 Å². The Bertz CT molecular complexity index is 1940. The van der Waals surface area contributed by atoms with Crippen molar-refractivity contribution in [2.45, 2.75) is 71.0 Å². The van der Waals surface area contributed by atoms with E-state index in [0.29, 0.717) is 12.2 Å². The molecule has 0 saturated carbocycles. The summed E-state index contributed by atoms with van der Waals surface area (Å²) in [5, 5.41) is 0. The van der Waals surface area contributed by atoms with Crippen molar-refractivity contribution < 1.29 is 47.5 Å². The van der Waals surface area contributed by atoms with Crippen LogP contribution in [0.4, 0.5) is 0 Å². The predicted molar refractivity (Wildman–Crippen MR) is 204 cm³/mol. The summed E-state index contributed by atoms with van der Waals surface area (Å²) in [6.07, 6.45) is -3.98. The molecule has 1 fully saturated rings. The number of benzene rings is 5. The van der Waals surface area contributed by atoms with Gasteiger partial charge < -0.3 is 37.9 Å². The Labute approximate surface area is 321 Å². The molecule has 55 heavy (non-hydrogen) atoms. The van der Waals surface area contributed by atoms with Crippen molar-refractivity contribution in [1.29, 1.82) is 0 Å². The van der Waals surface area contributed by atoms with E-state index >= 15 is 0 Å². The molecule has 1 saturated heterocycles. The smallest absolute Gasteiger partial charge is 0.341 e. The first-order valence-corrected chi connectivity index (χ1v) is 18.2. The highest BCUT2D eigenvalue weighted by molar-refractivity contribution is 5.95. The molecule has 5 aromatic rings. The normalized spacial score (nSPS) is 19.4. The van der Waals surface area contributed by atoms with E-state index in [4.69, 9.17) is 37.9 Å². The van der Waals surface area contributed by atoms with Crippen molar-refractivity contribution in [3.8, 4) is 11.5 Å². The second kappa shape index (κ2) is 19.8. The third-order valence-electron chi connectivity index (χ3n) is 9.01. The molecule has 1 aliphatic rings. The summed E-state index contributed by atoms with van der Waals surface area (Å²) >= 11 is 0. The summed E-state index contributed by atoms with van der Waals surface area (Å²) in [5.41, 5.74) is 4.47. The molecule has 0 N–H and O–H groups in total. The van der Waals surface area contributed by atoms with Crippen LogP contribution < -0.4 is 9.47 Å². The zero-order valence-electron chi connectivity index (χ0n) is 31.2. The lowest BCUT2D eigenvalue weighted by Crippen LogP contribution is -2.62. The summed E-state index contributed by atoms with van der Waals surface area (Å²) < 4.78 is 50.4. The van der Waals surface area contributed by atoms with E-state index in [1.54, 1.807) is 13.0 Å². The van der Waals surface area contributed by atoms with Gasteiger partial charge in [0.2, 0.25) is 6.29 Å². The van der Waals surface area contributed by atoms with Gasteiger partial charge in [-0.2, -0.15) is 0 Å². The molecular weight excluding hydrogens is 700 g/mol. The molecular formula is C45H46O10. The van der Waals surface area contributed by atoms with Crippen molar-refractivity contribution in [2.75, 3.05) is 13.7 Å². The highest BCUT2D eigenvalue weighted by Gasteiger charge is 2.50. The fourth-order valence-electron chi connectivity index (χ4n) is 6.37. The van der Waals surface area contributed by atoms with Gasteiger partial charge in [0.25, 0.3) is 0 Å². The van der Waals surface area contributed by atoms with Gasteiger partial charge in [-0.1, -0.05) is 121 Å². The van der Waals surface area contributed by atoms with E-state index in [1.165, 1.54) is 20.1 Å². The minimum Gasteiger partial charge on any atom is -0.465 e. The molecule has 0 unspecified atom stereocenters. The van der Waals surface area contributed by atoms with E-state index in [2.05, 4.69) is 0 Å². The van der Waals surface area contributed by atoms with Crippen molar-refractivity contribution in [3.05, 3.63) is 167 Å². The summed E-state index contributed by atoms with van der Waals surface area (Å²) in [7, 11) is 1.26. The van der Waals surface area contributed by atoms with Crippen LogP contribution in [0.25, 0.3) is 0 Å². The minimum atomic E-state index is -1.07. The van der Waals surface area contributed by atoms with Crippen LogP contribution in [0.5, 0.6) is 11.5 Å². The summed E-state index contributed by atoms with van der Waals surface area (Å²) in [5.74, 6) is -0.991. The SMILES string of the molecule is COC(=O)c1c(C)cc(O[C@@H]2O[C@H](COCc3ccccc3)[C@@H](OCc3ccccc3)[C@H](OCc3ccccc3)[C@H]2OCc2ccccc2)cc1OC(C)=O. The molecule has 286 valence electrons. The minimum absolute atomic E-state index is 0.00407. The number of aryl methyl sites for hydroxylation is 1. The number of methoxy groups -OCH3 is 1. The Morgan fingerprint density at radius 2 is 1.09 bits per heavy atom. The Hall–Kier alpha value is -5.36. The first kappa shape index (κ1) is 39.3. The van der Waals surface area contributed by atoms with Gasteiger partial charge in [-0.15, -0.1) is 0 Å². The van der Waals surface area contributed by atoms with Gasteiger partial charge in [0.15, 0.2) is 0 Å². The fraction of sp³-hybridized carbons (Fsp3) is 0.289. The molecule has 5 aromatic carbocycles. The fourth-order valence-corrected chi connectivity index (χ4v) is 6.37. The van der Waals surface area contributed by atoms with Crippen LogP contribution in [0, 0.1) is 6.92 Å². The number of carbonyl (C=O) groups excluding carboxylic acids is 2. The lowest BCUT2D eigenvalue weighted by atomic mass is 9.97. The van der Waals surface area contributed by atoms with E-state index in [1.807, 2.05) is 121 Å². The summed E-state index contributed by atoms with van der Waals surface area (Å²) in [4.78, 5) is 24.9. The Balaban J connectivity index is 1.38. The van der Waals surface area contributed by atoms with Crippen molar-refractivity contribution in [2.24, 2.45) is 0 Å². The molecule has 0 bridgehead atoms. The van der Waals surface area contributed by atoms with Gasteiger partial charge in [0.05, 0.1) is 40.1 Å². The zero-order chi connectivity index (χ0) is 38.4. The third-order valence-corrected chi connectivity index (χ3v) is 9.01. The highest BCUT2D eigenvalue weighted by Crippen LogP contribution is 2.35. The van der Waals surface area contributed by atoms with E-state index in [9.17, 15) is 9.59 Å². The molecule has 0 radical (unpaired) electrons. The Morgan fingerprint density at radius 3 is 1.58 bits per heavy atom. The quantitative estimate of drug-likeness (QED) is 0.0692. The van der Waals surface area contributed by atoms with Gasteiger partial charge >= 0.3 is 11.9 Å². The topological polar surface area (TPSA) is 108 Å². The van der Waals surface area contributed by atoms with Crippen LogP contribution in [0.3, 0.4) is 0 Å². The maximum absolute atomic E-state index is 12.7. The van der Waals surface area contributed by atoms with Crippen LogP contribution in [-0.4, -0.2) is 56.4 Å². The molecule has 1 heterocycles. The Morgan fingerprint density at radius 1 is 0.618 bits per heavy atom. The maximum Gasteiger partial charge on any atom is 0.341 e. The number of rotatable bonds is 17. The van der Waals surface area contributed by atoms with Crippen LogP contribution in [0.2, 0.25) is 0 Å². The lowest BCUT2D eigenvalue weighted by molar-refractivity contribution is -0.310. The van der Waals surface area contributed by atoms with Crippen molar-refractivity contribution >= 4 is 11.9 Å². The van der Waals surface area contributed by atoms with Crippen LogP contribution in [0.15, 0.2) is 133 Å². The van der Waals surface area contributed by atoms with Gasteiger partial charge in [-0.25, -0.2) is 4.79 Å². The lowest BCUT2D eigenvalue weighted by Gasteiger charge is -2.45. The molecule has 1 aliphatic heterocycles. The number of ether oxygens (including phenoxy) is 8. The molecule has 10 heteroatoms. The van der Waals surface area contributed by atoms with Crippen LogP contribution >= 0.6 is 0 Å². The average Bonchev–Trinajstić information content (AvgIpc) is 3.20. The van der Waals surface area contributed by atoms with E-state index in [0.717, 1.165) is 22.3 Å². The summed E-state index contributed by atoms with van der Waals surface area (Å²) in [6.45, 7) is 4.22. The third kappa shape index (κ3) is 11.1. The summed E-state index contributed by atoms with van der Waals surface area (Å²) in [6, 6.07) is 42.6. The second-order valence-electron chi connectivity index (χ2n) is 13.1. The largest absolute Gasteiger partial charge is 0.465 e. The molecule has 0 spiro atoms.